The Morgan fingerprint density at radius 1 is 1.09 bits per heavy atom. The minimum atomic E-state index is -4.54. The molecule has 32 heavy (non-hydrogen) atoms. The van der Waals surface area contributed by atoms with Crippen LogP contribution in [0.1, 0.15) is 50.3 Å². The Hall–Kier alpha value is -2.26. The SMILES string of the molecule is CC(C)(C)OC(=O)COc1cccc2c1CCCC2.NSc1cc(F)cc(C(F)(F)F)c1. The van der Waals surface area contributed by atoms with Gasteiger partial charge >= 0.3 is 12.1 Å². The van der Waals surface area contributed by atoms with Crippen LogP contribution in [0.3, 0.4) is 0 Å². The Kier molecular flexibility index (Phi) is 8.98. The van der Waals surface area contributed by atoms with Crippen LogP contribution in [0, 0.1) is 5.82 Å². The summed E-state index contributed by atoms with van der Waals surface area (Å²) < 4.78 is 59.7. The Labute approximate surface area is 189 Å². The average Bonchev–Trinajstić information content (AvgIpc) is 2.70. The van der Waals surface area contributed by atoms with Crippen molar-refractivity contribution in [1.82, 2.24) is 0 Å². The lowest BCUT2D eigenvalue weighted by molar-refractivity contribution is -0.157. The molecule has 0 amide bonds. The van der Waals surface area contributed by atoms with Crippen molar-refractivity contribution in [3.05, 3.63) is 58.9 Å². The normalized spacial score (nSPS) is 13.5. The Morgan fingerprint density at radius 2 is 1.78 bits per heavy atom. The van der Waals surface area contributed by atoms with Gasteiger partial charge in [0, 0.05) is 4.90 Å². The van der Waals surface area contributed by atoms with Crippen LogP contribution in [0.25, 0.3) is 0 Å². The molecule has 0 aliphatic heterocycles. The number of carbonyl (C=O) groups is 1. The summed E-state index contributed by atoms with van der Waals surface area (Å²) in [5.74, 6) is -0.424. The Balaban J connectivity index is 0.000000244. The quantitative estimate of drug-likeness (QED) is 0.331. The van der Waals surface area contributed by atoms with E-state index in [1.807, 2.05) is 32.9 Å². The number of hydrogen-bond acceptors (Lipinski definition) is 5. The van der Waals surface area contributed by atoms with Gasteiger partial charge in [0.15, 0.2) is 6.61 Å². The van der Waals surface area contributed by atoms with E-state index in [1.54, 1.807) is 0 Å². The molecular weight excluding hydrogens is 446 g/mol. The molecule has 2 N–H and O–H groups in total. The lowest BCUT2D eigenvalue weighted by Crippen LogP contribution is -2.27. The molecule has 3 rings (SSSR count). The van der Waals surface area contributed by atoms with E-state index in [2.05, 4.69) is 6.07 Å². The lowest BCUT2D eigenvalue weighted by atomic mass is 9.91. The Bertz CT molecular complexity index is 926. The highest BCUT2D eigenvalue weighted by atomic mass is 32.2. The summed E-state index contributed by atoms with van der Waals surface area (Å²) in [5.41, 5.74) is 1.13. The van der Waals surface area contributed by atoms with Gasteiger partial charge in [0.2, 0.25) is 0 Å². The van der Waals surface area contributed by atoms with E-state index in [-0.39, 0.29) is 17.5 Å². The van der Waals surface area contributed by atoms with E-state index >= 15 is 0 Å². The summed E-state index contributed by atoms with van der Waals surface area (Å²) in [7, 11) is 0. The zero-order valence-corrected chi connectivity index (χ0v) is 19.0. The second-order valence-electron chi connectivity index (χ2n) is 8.27. The summed E-state index contributed by atoms with van der Waals surface area (Å²) >= 11 is 0.573. The van der Waals surface area contributed by atoms with Crippen LogP contribution >= 0.6 is 11.9 Å². The number of fused-ring (bicyclic) bond motifs is 1. The van der Waals surface area contributed by atoms with Gasteiger partial charge in [0.05, 0.1) is 5.56 Å². The van der Waals surface area contributed by atoms with E-state index in [1.165, 1.54) is 24.0 Å². The number of hydrogen-bond donors (Lipinski definition) is 1. The molecule has 0 atom stereocenters. The summed E-state index contributed by atoms with van der Waals surface area (Å²) in [6.07, 6.45) is 0.0493. The zero-order chi connectivity index (χ0) is 23.9. The molecule has 0 fully saturated rings. The van der Waals surface area contributed by atoms with Gasteiger partial charge in [-0.05, 0) is 93.8 Å². The fourth-order valence-electron chi connectivity index (χ4n) is 3.18. The summed E-state index contributed by atoms with van der Waals surface area (Å²) in [4.78, 5) is 11.7. The van der Waals surface area contributed by atoms with Crippen LogP contribution in [-0.2, 0) is 28.5 Å². The second kappa shape index (κ2) is 11.0. The van der Waals surface area contributed by atoms with Gasteiger partial charge in [0.1, 0.15) is 17.2 Å². The smallest absolute Gasteiger partial charge is 0.416 e. The van der Waals surface area contributed by atoms with Crippen LogP contribution < -0.4 is 9.88 Å². The number of halogens is 4. The predicted octanol–water partition coefficient (Wildman–Crippen LogP) is 6.10. The number of benzene rings is 2. The minimum Gasteiger partial charge on any atom is -0.482 e. The maximum Gasteiger partial charge on any atom is 0.416 e. The van der Waals surface area contributed by atoms with Crippen molar-refractivity contribution in [2.45, 2.75) is 63.1 Å². The third-order valence-corrected chi connectivity index (χ3v) is 4.96. The van der Waals surface area contributed by atoms with Crippen molar-refractivity contribution >= 4 is 17.9 Å². The molecule has 0 saturated carbocycles. The molecule has 1 aliphatic carbocycles. The van der Waals surface area contributed by atoms with Gasteiger partial charge in [-0.1, -0.05) is 12.1 Å². The second-order valence-corrected chi connectivity index (χ2v) is 8.97. The topological polar surface area (TPSA) is 61.5 Å². The molecular formula is C23H27F4NO3S. The number of ether oxygens (including phenoxy) is 2. The van der Waals surface area contributed by atoms with Gasteiger partial charge in [-0.2, -0.15) is 13.2 Å². The first-order valence-corrected chi connectivity index (χ1v) is 11.0. The minimum absolute atomic E-state index is 0.0201. The summed E-state index contributed by atoms with van der Waals surface area (Å²) in [5, 5.41) is 5.01. The van der Waals surface area contributed by atoms with Crippen molar-refractivity contribution in [2.24, 2.45) is 5.14 Å². The van der Waals surface area contributed by atoms with E-state index in [0.29, 0.717) is 18.0 Å². The number of aryl methyl sites for hydroxylation is 1. The van der Waals surface area contributed by atoms with Crippen LogP contribution in [0.5, 0.6) is 5.75 Å². The van der Waals surface area contributed by atoms with Gasteiger partial charge < -0.3 is 9.47 Å². The van der Waals surface area contributed by atoms with Crippen molar-refractivity contribution in [3.8, 4) is 5.75 Å². The third-order valence-electron chi connectivity index (χ3n) is 4.45. The highest BCUT2D eigenvalue weighted by Gasteiger charge is 2.31. The van der Waals surface area contributed by atoms with E-state index < -0.39 is 23.2 Å². The molecule has 0 radical (unpaired) electrons. The van der Waals surface area contributed by atoms with E-state index in [0.717, 1.165) is 30.7 Å². The van der Waals surface area contributed by atoms with Crippen LogP contribution in [0.4, 0.5) is 17.6 Å². The zero-order valence-electron chi connectivity index (χ0n) is 18.2. The molecule has 2 aromatic rings. The number of alkyl halides is 3. The van der Waals surface area contributed by atoms with Crippen molar-refractivity contribution in [3.63, 3.8) is 0 Å². The molecule has 1 aliphatic rings. The first-order chi connectivity index (χ1) is 14.9. The lowest BCUT2D eigenvalue weighted by Gasteiger charge is -2.21. The number of carbonyl (C=O) groups excluding carboxylic acids is 1. The maximum atomic E-state index is 12.6. The first-order valence-electron chi connectivity index (χ1n) is 10.1. The van der Waals surface area contributed by atoms with Crippen molar-refractivity contribution in [1.29, 1.82) is 0 Å². The van der Waals surface area contributed by atoms with Crippen molar-refractivity contribution in [2.75, 3.05) is 6.61 Å². The van der Waals surface area contributed by atoms with Gasteiger partial charge in [-0.3, -0.25) is 5.14 Å². The Morgan fingerprint density at radius 3 is 2.41 bits per heavy atom. The van der Waals surface area contributed by atoms with E-state index in [9.17, 15) is 22.4 Å². The molecule has 0 bridgehead atoms. The third kappa shape index (κ3) is 8.35. The first kappa shape index (κ1) is 26.0. The molecule has 0 aromatic heterocycles. The fraction of sp³-hybridized carbons (Fsp3) is 0.435. The fourth-order valence-corrected chi connectivity index (χ4v) is 3.56. The number of esters is 1. The molecule has 0 heterocycles. The molecule has 0 saturated heterocycles. The molecule has 176 valence electrons. The highest BCUT2D eigenvalue weighted by molar-refractivity contribution is 7.97. The predicted molar refractivity (Wildman–Crippen MR) is 116 cm³/mol. The molecule has 2 aromatic carbocycles. The van der Waals surface area contributed by atoms with Crippen molar-refractivity contribution < 1.29 is 31.8 Å². The molecule has 4 nitrogen and oxygen atoms in total. The van der Waals surface area contributed by atoms with Gasteiger partial charge in [-0.15, -0.1) is 0 Å². The average molecular weight is 474 g/mol. The van der Waals surface area contributed by atoms with Crippen LogP contribution in [0.2, 0.25) is 0 Å². The molecule has 0 spiro atoms. The number of rotatable bonds is 4. The van der Waals surface area contributed by atoms with Crippen LogP contribution in [0.15, 0.2) is 41.3 Å². The summed E-state index contributed by atoms with van der Waals surface area (Å²) in [6, 6.07) is 8.26. The molecule has 9 heteroatoms. The van der Waals surface area contributed by atoms with Gasteiger partial charge in [-0.25, -0.2) is 9.18 Å². The number of nitrogens with two attached hydrogens (primary N) is 1. The monoisotopic (exact) mass is 473 g/mol. The largest absolute Gasteiger partial charge is 0.482 e. The standard InChI is InChI=1S/C16H22O3.C7H5F4NS/c1-16(2,3)19-15(17)11-18-14-10-6-8-12-7-4-5-9-13(12)14;8-5-1-4(7(9,10)11)2-6(3-5)13-12/h6,8,10H,4-5,7,9,11H2,1-3H3;1-3H,12H2. The van der Waals surface area contributed by atoms with Crippen LogP contribution in [-0.4, -0.2) is 18.2 Å². The summed E-state index contributed by atoms with van der Waals surface area (Å²) in [6.45, 7) is 5.55. The molecule has 0 unspecified atom stereocenters. The highest BCUT2D eigenvalue weighted by Crippen LogP contribution is 2.32. The maximum absolute atomic E-state index is 12.6. The van der Waals surface area contributed by atoms with E-state index in [4.69, 9.17) is 14.6 Å². The van der Waals surface area contributed by atoms with Gasteiger partial charge in [0.25, 0.3) is 0 Å².